The largest absolute Gasteiger partial charge is 0.482 e. The zero-order chi connectivity index (χ0) is 17.7. The zero-order valence-corrected chi connectivity index (χ0v) is 14.6. The van der Waals surface area contributed by atoms with Crippen LogP contribution in [0.15, 0.2) is 18.2 Å². The highest BCUT2D eigenvalue weighted by atomic mass is 16.5. The zero-order valence-electron chi connectivity index (χ0n) is 14.6. The van der Waals surface area contributed by atoms with Crippen molar-refractivity contribution in [2.45, 2.75) is 37.5 Å². The fourth-order valence-corrected chi connectivity index (χ4v) is 4.79. The second-order valence-corrected chi connectivity index (χ2v) is 7.57. The van der Waals surface area contributed by atoms with Crippen molar-refractivity contribution in [2.75, 3.05) is 31.6 Å². The number of ether oxygens (including phenoxy) is 2. The second kappa shape index (κ2) is 6.25. The fourth-order valence-electron chi connectivity index (χ4n) is 4.79. The van der Waals surface area contributed by atoms with Crippen LogP contribution >= 0.6 is 0 Å². The summed E-state index contributed by atoms with van der Waals surface area (Å²) in [6.45, 7) is 2.96. The highest BCUT2D eigenvalue weighted by Gasteiger charge is 2.56. The molecule has 3 fully saturated rings. The molecule has 1 aromatic carbocycles. The van der Waals surface area contributed by atoms with E-state index in [-0.39, 0.29) is 30.6 Å². The number of fused-ring (bicyclic) bond motifs is 2. The van der Waals surface area contributed by atoms with Gasteiger partial charge in [-0.25, -0.2) is 0 Å². The summed E-state index contributed by atoms with van der Waals surface area (Å²) in [7, 11) is 0. The molecule has 7 heteroatoms. The van der Waals surface area contributed by atoms with Gasteiger partial charge in [0.1, 0.15) is 5.75 Å². The van der Waals surface area contributed by atoms with Crippen LogP contribution in [0.4, 0.5) is 5.69 Å². The van der Waals surface area contributed by atoms with E-state index in [4.69, 9.17) is 9.47 Å². The van der Waals surface area contributed by atoms with E-state index in [0.29, 0.717) is 29.0 Å². The first-order chi connectivity index (χ1) is 12.7. The molecule has 26 heavy (non-hydrogen) atoms. The average molecular weight is 357 g/mol. The standard InChI is InChI=1S/C19H23N3O4/c23-15-10-26-14-9-11(3-4-13(14)20-15)19(24)21-16-12-5-8-25-18(12)17(16)22-6-1-2-7-22/h3-4,9,12,16-18H,1-2,5-8,10H2,(H,20,23)(H,21,24)/t12-,16+,17-,18-/m1/s1. The first kappa shape index (κ1) is 16.1. The van der Waals surface area contributed by atoms with Crippen LogP contribution in [0.1, 0.15) is 29.6 Å². The molecule has 0 bridgehead atoms. The van der Waals surface area contributed by atoms with Gasteiger partial charge in [0.05, 0.1) is 23.9 Å². The van der Waals surface area contributed by atoms with Gasteiger partial charge >= 0.3 is 0 Å². The van der Waals surface area contributed by atoms with Crippen molar-refractivity contribution in [3.8, 4) is 5.75 Å². The molecule has 1 aromatic rings. The number of carbonyl (C=O) groups excluding carboxylic acids is 2. The molecular formula is C19H23N3O4. The molecule has 1 aliphatic carbocycles. The third-order valence-corrected chi connectivity index (χ3v) is 6.09. The smallest absolute Gasteiger partial charge is 0.262 e. The first-order valence-corrected chi connectivity index (χ1v) is 9.44. The molecule has 0 aromatic heterocycles. The van der Waals surface area contributed by atoms with E-state index in [2.05, 4.69) is 15.5 Å². The Morgan fingerprint density at radius 1 is 1.27 bits per heavy atom. The lowest BCUT2D eigenvalue weighted by molar-refractivity contribution is -0.118. The molecule has 4 aliphatic rings. The Bertz CT molecular complexity index is 742. The predicted molar refractivity (Wildman–Crippen MR) is 94.3 cm³/mol. The molecule has 3 aliphatic heterocycles. The number of hydrogen-bond acceptors (Lipinski definition) is 5. The number of carbonyl (C=O) groups is 2. The second-order valence-electron chi connectivity index (χ2n) is 7.57. The van der Waals surface area contributed by atoms with Crippen molar-refractivity contribution < 1.29 is 19.1 Å². The molecular weight excluding hydrogens is 334 g/mol. The maximum absolute atomic E-state index is 12.8. The van der Waals surface area contributed by atoms with Crippen molar-refractivity contribution in [2.24, 2.45) is 5.92 Å². The summed E-state index contributed by atoms with van der Waals surface area (Å²) in [4.78, 5) is 26.7. The Hall–Kier alpha value is -2.12. The van der Waals surface area contributed by atoms with Crippen molar-refractivity contribution in [1.29, 1.82) is 0 Å². The van der Waals surface area contributed by atoms with Gasteiger partial charge in [-0.3, -0.25) is 14.5 Å². The van der Waals surface area contributed by atoms with Gasteiger partial charge < -0.3 is 20.1 Å². The van der Waals surface area contributed by atoms with E-state index in [0.717, 1.165) is 26.1 Å². The van der Waals surface area contributed by atoms with Gasteiger partial charge in [-0.05, 0) is 50.6 Å². The maximum Gasteiger partial charge on any atom is 0.262 e. The fraction of sp³-hybridized carbons (Fsp3) is 0.579. The van der Waals surface area contributed by atoms with Crippen LogP contribution in [-0.4, -0.2) is 61.2 Å². The van der Waals surface area contributed by atoms with Gasteiger partial charge in [-0.15, -0.1) is 0 Å². The molecule has 1 saturated carbocycles. The van der Waals surface area contributed by atoms with Crippen LogP contribution < -0.4 is 15.4 Å². The van der Waals surface area contributed by atoms with Crippen LogP contribution in [-0.2, 0) is 9.53 Å². The third kappa shape index (κ3) is 2.57. The number of nitrogens with one attached hydrogen (secondary N) is 2. The SMILES string of the molecule is O=C1COc2cc(C(=O)N[C@H]3[C@H]4CCO[C@H]4[C@@H]3N3CCCC3)ccc2N1. The summed E-state index contributed by atoms with van der Waals surface area (Å²) in [5.41, 5.74) is 1.17. The molecule has 2 N–H and O–H groups in total. The molecule has 5 rings (SSSR count). The van der Waals surface area contributed by atoms with Crippen molar-refractivity contribution in [3.05, 3.63) is 23.8 Å². The Kier molecular flexibility index (Phi) is 3.86. The number of rotatable bonds is 3. The summed E-state index contributed by atoms with van der Waals surface area (Å²) in [5, 5.41) is 5.99. The first-order valence-electron chi connectivity index (χ1n) is 9.44. The van der Waals surface area contributed by atoms with Crippen molar-refractivity contribution >= 4 is 17.5 Å². The lowest BCUT2D eigenvalue weighted by Crippen LogP contribution is -2.70. The number of anilines is 1. The van der Waals surface area contributed by atoms with Gasteiger partial charge in [0, 0.05) is 18.1 Å². The molecule has 138 valence electrons. The molecule has 0 spiro atoms. The van der Waals surface area contributed by atoms with E-state index in [9.17, 15) is 9.59 Å². The van der Waals surface area contributed by atoms with E-state index in [1.165, 1.54) is 12.8 Å². The molecule has 0 radical (unpaired) electrons. The summed E-state index contributed by atoms with van der Waals surface area (Å²) >= 11 is 0. The van der Waals surface area contributed by atoms with Crippen molar-refractivity contribution in [3.63, 3.8) is 0 Å². The van der Waals surface area contributed by atoms with Crippen LogP contribution in [0.2, 0.25) is 0 Å². The normalized spacial score (nSPS) is 32.8. The van der Waals surface area contributed by atoms with E-state index in [1.807, 2.05) is 0 Å². The van der Waals surface area contributed by atoms with E-state index in [1.54, 1.807) is 18.2 Å². The topological polar surface area (TPSA) is 79.9 Å². The van der Waals surface area contributed by atoms with Gasteiger partial charge in [0.2, 0.25) is 0 Å². The minimum Gasteiger partial charge on any atom is -0.482 e. The van der Waals surface area contributed by atoms with Gasteiger partial charge in [-0.1, -0.05) is 0 Å². The molecule has 3 heterocycles. The van der Waals surface area contributed by atoms with Gasteiger partial charge in [-0.2, -0.15) is 0 Å². The van der Waals surface area contributed by atoms with E-state index < -0.39 is 0 Å². The number of likely N-dealkylation sites (tertiary alicyclic amines) is 1. The minimum absolute atomic E-state index is 0.0151. The van der Waals surface area contributed by atoms with Gasteiger partial charge in [0.25, 0.3) is 11.8 Å². The molecule has 2 amide bonds. The number of benzene rings is 1. The Balaban J connectivity index is 1.32. The number of amides is 2. The Labute approximate surface area is 152 Å². The molecule has 2 saturated heterocycles. The Morgan fingerprint density at radius 3 is 2.96 bits per heavy atom. The van der Waals surface area contributed by atoms with Crippen LogP contribution in [0, 0.1) is 5.92 Å². The summed E-state index contributed by atoms with van der Waals surface area (Å²) in [5.74, 6) is 0.694. The number of nitrogens with zero attached hydrogens (tertiary/aromatic N) is 1. The maximum atomic E-state index is 12.8. The molecule has 7 nitrogen and oxygen atoms in total. The predicted octanol–water partition coefficient (Wildman–Crippen LogP) is 0.999. The number of hydrogen-bond donors (Lipinski definition) is 2. The molecule has 0 unspecified atom stereocenters. The summed E-state index contributed by atoms with van der Waals surface area (Å²) < 4.78 is 11.3. The lowest BCUT2D eigenvalue weighted by Gasteiger charge is -2.51. The van der Waals surface area contributed by atoms with Crippen LogP contribution in [0.3, 0.4) is 0 Å². The van der Waals surface area contributed by atoms with E-state index >= 15 is 0 Å². The lowest BCUT2D eigenvalue weighted by atomic mass is 9.70. The van der Waals surface area contributed by atoms with Crippen LogP contribution in [0.5, 0.6) is 5.75 Å². The van der Waals surface area contributed by atoms with Crippen molar-refractivity contribution in [1.82, 2.24) is 10.2 Å². The summed E-state index contributed by atoms with van der Waals surface area (Å²) in [6.07, 6.45) is 3.73. The highest BCUT2D eigenvalue weighted by molar-refractivity contribution is 5.99. The van der Waals surface area contributed by atoms with Gasteiger partial charge in [0.15, 0.2) is 6.61 Å². The highest BCUT2D eigenvalue weighted by Crippen LogP contribution is 2.43. The molecule has 4 atom stereocenters. The Morgan fingerprint density at radius 2 is 2.12 bits per heavy atom. The third-order valence-electron chi connectivity index (χ3n) is 6.09. The quantitative estimate of drug-likeness (QED) is 0.844. The van der Waals surface area contributed by atoms with Crippen LogP contribution in [0.25, 0.3) is 0 Å². The average Bonchev–Trinajstić information content (AvgIpc) is 3.30. The minimum atomic E-state index is -0.176. The monoisotopic (exact) mass is 357 g/mol. The summed E-state index contributed by atoms with van der Waals surface area (Å²) in [6, 6.07) is 5.60.